The van der Waals surface area contributed by atoms with Crippen molar-refractivity contribution >= 4 is 32.7 Å². The minimum absolute atomic E-state index is 0.0155. The van der Waals surface area contributed by atoms with Gasteiger partial charge in [-0.25, -0.2) is 13.4 Å². The standard InChI is InChI=1S/C28H24N4O3S/c1-30-28-31-26-24(27(29)33)16-23(36(34,35)22-10-6-3-7-11-22)17-25(26)32(28)18-19-12-14-21(15-13-19)20-8-4-2-5-9-20/h2-17H,18H2,1H3,(H2,29,33)(H,30,31). The van der Waals surface area contributed by atoms with Crippen molar-refractivity contribution in [2.24, 2.45) is 5.73 Å². The number of carbonyl (C=O) groups is 1. The summed E-state index contributed by atoms with van der Waals surface area (Å²) < 4.78 is 28.6. The summed E-state index contributed by atoms with van der Waals surface area (Å²) in [6, 6.07) is 29.2. The quantitative estimate of drug-likeness (QED) is 0.339. The highest BCUT2D eigenvalue weighted by Crippen LogP contribution is 2.30. The third-order valence-electron chi connectivity index (χ3n) is 6.08. The average Bonchev–Trinajstić information content (AvgIpc) is 3.26. The monoisotopic (exact) mass is 496 g/mol. The van der Waals surface area contributed by atoms with Gasteiger partial charge in [0.25, 0.3) is 5.91 Å². The lowest BCUT2D eigenvalue weighted by Gasteiger charge is -2.11. The van der Waals surface area contributed by atoms with Gasteiger partial charge < -0.3 is 15.6 Å². The molecule has 0 bridgehead atoms. The maximum absolute atomic E-state index is 13.4. The molecule has 0 saturated carbocycles. The van der Waals surface area contributed by atoms with E-state index in [-0.39, 0.29) is 15.4 Å². The van der Waals surface area contributed by atoms with Crippen LogP contribution < -0.4 is 11.1 Å². The molecular formula is C28H24N4O3S. The van der Waals surface area contributed by atoms with Crippen molar-refractivity contribution in [3.8, 4) is 11.1 Å². The van der Waals surface area contributed by atoms with Crippen LogP contribution in [0.2, 0.25) is 0 Å². The molecule has 0 aliphatic heterocycles. The number of amides is 1. The van der Waals surface area contributed by atoms with E-state index >= 15 is 0 Å². The van der Waals surface area contributed by atoms with Crippen LogP contribution in [0.5, 0.6) is 0 Å². The molecule has 1 amide bonds. The number of nitrogens with one attached hydrogen (secondary N) is 1. The van der Waals surface area contributed by atoms with Crippen LogP contribution in [0.4, 0.5) is 5.95 Å². The van der Waals surface area contributed by atoms with Crippen LogP contribution in [0.25, 0.3) is 22.2 Å². The summed E-state index contributed by atoms with van der Waals surface area (Å²) in [5.41, 5.74) is 9.75. The van der Waals surface area contributed by atoms with Gasteiger partial charge in [0.2, 0.25) is 15.8 Å². The van der Waals surface area contributed by atoms with Crippen molar-refractivity contribution in [3.63, 3.8) is 0 Å². The Bertz CT molecular complexity index is 1660. The number of nitrogens with two attached hydrogens (primary N) is 1. The molecule has 1 heterocycles. The van der Waals surface area contributed by atoms with Crippen molar-refractivity contribution in [2.75, 3.05) is 12.4 Å². The van der Waals surface area contributed by atoms with E-state index < -0.39 is 15.7 Å². The first kappa shape index (κ1) is 23.3. The molecule has 5 aromatic rings. The number of fused-ring (bicyclic) bond motifs is 1. The fourth-order valence-corrected chi connectivity index (χ4v) is 5.57. The Labute approximate surface area is 209 Å². The number of primary amides is 1. The van der Waals surface area contributed by atoms with E-state index in [0.29, 0.717) is 23.5 Å². The lowest BCUT2D eigenvalue weighted by molar-refractivity contribution is 0.100. The number of imidazole rings is 1. The van der Waals surface area contributed by atoms with Crippen LogP contribution in [-0.4, -0.2) is 30.9 Å². The molecule has 0 aliphatic carbocycles. The van der Waals surface area contributed by atoms with Crippen molar-refractivity contribution in [3.05, 3.63) is 108 Å². The minimum atomic E-state index is -3.88. The highest BCUT2D eigenvalue weighted by atomic mass is 32.2. The van der Waals surface area contributed by atoms with E-state index in [9.17, 15) is 13.2 Å². The van der Waals surface area contributed by atoms with Gasteiger partial charge in [-0.3, -0.25) is 4.79 Å². The van der Waals surface area contributed by atoms with Gasteiger partial charge in [0.05, 0.1) is 27.4 Å². The summed E-state index contributed by atoms with van der Waals surface area (Å²) in [6.07, 6.45) is 0. The number of hydrogen-bond acceptors (Lipinski definition) is 5. The summed E-state index contributed by atoms with van der Waals surface area (Å²) in [5.74, 6) is -0.251. The number of carbonyl (C=O) groups excluding carboxylic acids is 1. The van der Waals surface area contributed by atoms with Crippen molar-refractivity contribution in [1.29, 1.82) is 0 Å². The van der Waals surface area contributed by atoms with E-state index in [1.54, 1.807) is 31.3 Å². The molecule has 8 heteroatoms. The second kappa shape index (κ2) is 9.31. The predicted molar refractivity (Wildman–Crippen MR) is 141 cm³/mol. The van der Waals surface area contributed by atoms with Crippen LogP contribution >= 0.6 is 0 Å². The number of nitrogens with zero attached hydrogens (tertiary/aromatic N) is 2. The Morgan fingerprint density at radius 2 is 1.47 bits per heavy atom. The third-order valence-corrected chi connectivity index (χ3v) is 7.83. The number of sulfone groups is 1. The molecule has 0 spiro atoms. The zero-order valence-corrected chi connectivity index (χ0v) is 20.4. The van der Waals surface area contributed by atoms with Gasteiger partial charge in [-0.15, -0.1) is 0 Å². The summed E-state index contributed by atoms with van der Waals surface area (Å²) in [4.78, 5) is 17.0. The lowest BCUT2D eigenvalue weighted by Crippen LogP contribution is -2.13. The number of rotatable bonds is 7. The molecule has 0 unspecified atom stereocenters. The van der Waals surface area contributed by atoms with Crippen LogP contribution in [-0.2, 0) is 16.4 Å². The van der Waals surface area contributed by atoms with E-state index in [1.165, 1.54) is 18.2 Å². The van der Waals surface area contributed by atoms with Crippen molar-refractivity contribution in [1.82, 2.24) is 9.55 Å². The SMILES string of the molecule is CNc1nc2c(C(N)=O)cc(S(=O)(=O)c3ccccc3)cc2n1Cc1ccc(-c2ccccc2)cc1. The van der Waals surface area contributed by atoms with E-state index in [0.717, 1.165) is 16.7 Å². The van der Waals surface area contributed by atoms with Crippen LogP contribution in [0, 0.1) is 0 Å². The molecule has 0 atom stereocenters. The zero-order chi connectivity index (χ0) is 25.3. The Morgan fingerprint density at radius 1 is 0.861 bits per heavy atom. The summed E-state index contributed by atoms with van der Waals surface area (Å²) in [6.45, 7) is 0.411. The third kappa shape index (κ3) is 4.23. The largest absolute Gasteiger partial charge is 0.366 e. The van der Waals surface area contributed by atoms with E-state index in [1.807, 2.05) is 47.0 Å². The average molecular weight is 497 g/mol. The number of hydrogen-bond donors (Lipinski definition) is 2. The zero-order valence-electron chi connectivity index (χ0n) is 19.5. The van der Waals surface area contributed by atoms with Gasteiger partial charge in [-0.1, -0.05) is 72.8 Å². The molecule has 0 aliphatic rings. The summed E-state index contributed by atoms with van der Waals surface area (Å²) >= 11 is 0. The smallest absolute Gasteiger partial charge is 0.251 e. The predicted octanol–water partition coefficient (Wildman–Crippen LogP) is 4.73. The van der Waals surface area contributed by atoms with Gasteiger partial charge in [0.1, 0.15) is 5.52 Å². The normalized spacial score (nSPS) is 11.5. The summed E-state index contributed by atoms with van der Waals surface area (Å²) in [7, 11) is -2.16. The Balaban J connectivity index is 1.62. The molecule has 180 valence electrons. The maximum atomic E-state index is 13.4. The summed E-state index contributed by atoms with van der Waals surface area (Å²) in [5, 5.41) is 3.05. The molecule has 5 rings (SSSR count). The van der Waals surface area contributed by atoms with Gasteiger partial charge in [0.15, 0.2) is 0 Å². The van der Waals surface area contributed by atoms with Crippen molar-refractivity contribution < 1.29 is 13.2 Å². The highest BCUT2D eigenvalue weighted by molar-refractivity contribution is 7.91. The number of anilines is 1. The molecule has 0 fully saturated rings. The first-order valence-electron chi connectivity index (χ1n) is 11.3. The first-order valence-corrected chi connectivity index (χ1v) is 12.8. The van der Waals surface area contributed by atoms with Gasteiger partial charge in [-0.2, -0.15) is 0 Å². The lowest BCUT2D eigenvalue weighted by atomic mass is 10.0. The van der Waals surface area contributed by atoms with Gasteiger partial charge >= 0.3 is 0 Å². The van der Waals surface area contributed by atoms with Crippen LogP contribution in [0.15, 0.2) is 107 Å². The topological polar surface area (TPSA) is 107 Å². The van der Waals surface area contributed by atoms with Crippen molar-refractivity contribution in [2.45, 2.75) is 16.3 Å². The second-order valence-electron chi connectivity index (χ2n) is 8.35. The molecule has 1 aromatic heterocycles. The molecule has 7 nitrogen and oxygen atoms in total. The fourth-order valence-electron chi connectivity index (χ4n) is 4.24. The number of benzene rings is 4. The fraction of sp³-hybridized carbons (Fsp3) is 0.0714. The molecule has 0 saturated heterocycles. The first-order chi connectivity index (χ1) is 17.4. The van der Waals surface area contributed by atoms with Crippen LogP contribution in [0.1, 0.15) is 15.9 Å². The van der Waals surface area contributed by atoms with E-state index in [2.05, 4.69) is 22.4 Å². The van der Waals surface area contributed by atoms with Gasteiger partial charge in [0, 0.05) is 7.05 Å². The molecule has 0 radical (unpaired) electrons. The van der Waals surface area contributed by atoms with Crippen LogP contribution in [0.3, 0.4) is 0 Å². The Morgan fingerprint density at radius 3 is 2.08 bits per heavy atom. The molecule has 4 aromatic carbocycles. The highest BCUT2D eigenvalue weighted by Gasteiger charge is 2.24. The second-order valence-corrected chi connectivity index (χ2v) is 10.3. The Kier molecular flexibility index (Phi) is 6.03. The van der Waals surface area contributed by atoms with Gasteiger partial charge in [-0.05, 0) is 41.0 Å². The molecule has 36 heavy (non-hydrogen) atoms. The minimum Gasteiger partial charge on any atom is -0.366 e. The molecule has 3 N–H and O–H groups in total. The molecular weight excluding hydrogens is 472 g/mol. The van der Waals surface area contributed by atoms with E-state index in [4.69, 9.17) is 5.73 Å². The Hall–Kier alpha value is -4.43. The maximum Gasteiger partial charge on any atom is 0.251 e. The number of aromatic nitrogens is 2.